The average molecular weight is 292 g/mol. The molecular weight excluding hydrogens is 268 g/mol. The number of ether oxygens (including phenoxy) is 1. The van der Waals surface area contributed by atoms with E-state index in [2.05, 4.69) is 10.0 Å². The quantitative estimate of drug-likeness (QED) is 0.836. The highest BCUT2D eigenvalue weighted by molar-refractivity contribution is 8.27. The maximum absolute atomic E-state index is 11.7. The summed E-state index contributed by atoms with van der Waals surface area (Å²) < 4.78 is 8.65. The van der Waals surface area contributed by atoms with E-state index in [4.69, 9.17) is 15.9 Å². The van der Waals surface area contributed by atoms with Gasteiger partial charge < -0.3 is 10.1 Å². The smallest absolute Gasteiger partial charge is 0.407 e. The Kier molecular flexibility index (Phi) is 6.01. The first-order valence-electron chi connectivity index (χ1n) is 6.35. The first-order chi connectivity index (χ1) is 8.26. The summed E-state index contributed by atoms with van der Waals surface area (Å²) in [6.07, 6.45) is 5.90. The van der Waals surface area contributed by atoms with Crippen molar-refractivity contribution in [1.29, 1.82) is 0 Å². The van der Waals surface area contributed by atoms with Gasteiger partial charge in [-0.3, -0.25) is 4.72 Å². The molecule has 0 bridgehead atoms. The Bertz CT molecular complexity index is 316. The molecule has 0 spiro atoms. The predicted octanol–water partition coefficient (Wildman–Crippen LogP) is 2.04. The third-order valence-corrected chi connectivity index (χ3v) is 3.68. The zero-order valence-corrected chi connectivity index (χ0v) is 13.2. The molecule has 0 aromatic carbocycles. The van der Waals surface area contributed by atoms with Gasteiger partial charge in [-0.05, 0) is 63.9 Å². The van der Waals surface area contributed by atoms with Crippen molar-refractivity contribution in [2.75, 3.05) is 6.26 Å². The SMILES string of the molecule is CS(=S)NC1CCCC(NC(=O)OC(C)(C)C)C1. The minimum absolute atomic E-state index is 0.167. The number of hydrogen-bond donors (Lipinski definition) is 2. The van der Waals surface area contributed by atoms with Crippen molar-refractivity contribution in [2.24, 2.45) is 0 Å². The molecule has 4 nitrogen and oxygen atoms in total. The predicted molar refractivity (Wildman–Crippen MR) is 79.2 cm³/mol. The molecule has 1 aliphatic rings. The van der Waals surface area contributed by atoms with Crippen LogP contribution in [0.4, 0.5) is 4.79 Å². The molecule has 3 atom stereocenters. The second kappa shape index (κ2) is 6.82. The molecule has 1 aliphatic carbocycles. The largest absolute Gasteiger partial charge is 0.444 e. The van der Waals surface area contributed by atoms with Crippen LogP contribution in [0.3, 0.4) is 0 Å². The third-order valence-electron chi connectivity index (χ3n) is 2.73. The lowest BCUT2D eigenvalue weighted by molar-refractivity contribution is 0.0490. The minimum Gasteiger partial charge on any atom is -0.444 e. The number of rotatable bonds is 3. The van der Waals surface area contributed by atoms with Crippen molar-refractivity contribution in [3.63, 3.8) is 0 Å². The van der Waals surface area contributed by atoms with Crippen LogP contribution in [0.25, 0.3) is 0 Å². The molecule has 1 rings (SSSR count). The maximum Gasteiger partial charge on any atom is 0.407 e. The number of carbonyl (C=O) groups excluding carboxylic acids is 1. The highest BCUT2D eigenvalue weighted by Crippen LogP contribution is 2.19. The number of nitrogens with one attached hydrogen (secondary N) is 2. The van der Waals surface area contributed by atoms with E-state index < -0.39 is 5.60 Å². The average Bonchev–Trinajstić information content (AvgIpc) is 2.13. The molecule has 106 valence electrons. The van der Waals surface area contributed by atoms with E-state index in [-0.39, 0.29) is 21.8 Å². The number of hydrogen-bond acceptors (Lipinski definition) is 3. The first-order valence-corrected chi connectivity index (χ1v) is 8.91. The third kappa shape index (κ3) is 6.66. The van der Waals surface area contributed by atoms with E-state index in [0.717, 1.165) is 25.7 Å². The second-order valence-corrected chi connectivity index (χ2v) is 8.42. The van der Waals surface area contributed by atoms with Gasteiger partial charge in [0.05, 0.1) is 0 Å². The molecule has 0 aromatic rings. The van der Waals surface area contributed by atoms with Gasteiger partial charge in [0, 0.05) is 12.1 Å². The van der Waals surface area contributed by atoms with Crippen LogP contribution in [0, 0.1) is 0 Å². The Morgan fingerprint density at radius 3 is 2.50 bits per heavy atom. The minimum atomic E-state index is -0.438. The van der Waals surface area contributed by atoms with E-state index in [9.17, 15) is 4.79 Å². The molecule has 3 unspecified atom stereocenters. The summed E-state index contributed by atoms with van der Waals surface area (Å²) in [5.74, 6) is 0. The summed E-state index contributed by atoms with van der Waals surface area (Å²) >= 11 is 5.16. The van der Waals surface area contributed by atoms with Crippen LogP contribution in [-0.4, -0.2) is 30.0 Å². The molecule has 0 heterocycles. The van der Waals surface area contributed by atoms with Crippen molar-refractivity contribution >= 4 is 26.9 Å². The van der Waals surface area contributed by atoms with Crippen molar-refractivity contribution in [3.05, 3.63) is 0 Å². The van der Waals surface area contributed by atoms with E-state index in [1.54, 1.807) is 0 Å². The zero-order valence-electron chi connectivity index (χ0n) is 11.6. The van der Waals surface area contributed by atoms with E-state index >= 15 is 0 Å². The Hall–Kier alpha value is -0.200. The van der Waals surface area contributed by atoms with Crippen molar-refractivity contribution in [3.8, 4) is 0 Å². The Balaban J connectivity index is 2.38. The number of amides is 1. The molecular formula is C12H24N2O2S2. The van der Waals surface area contributed by atoms with Crippen molar-refractivity contribution in [1.82, 2.24) is 10.0 Å². The molecule has 0 aromatic heterocycles. The lowest BCUT2D eigenvalue weighted by Crippen LogP contribution is -2.45. The summed E-state index contributed by atoms with van der Waals surface area (Å²) in [6, 6.07) is 0.620. The molecule has 2 N–H and O–H groups in total. The Morgan fingerprint density at radius 1 is 1.33 bits per heavy atom. The van der Waals surface area contributed by atoms with Crippen LogP contribution >= 0.6 is 0 Å². The summed E-state index contributed by atoms with van der Waals surface area (Å²) in [5.41, 5.74) is -0.438. The van der Waals surface area contributed by atoms with Crippen LogP contribution in [0.2, 0.25) is 0 Å². The zero-order chi connectivity index (χ0) is 13.8. The number of alkyl carbamates (subject to hydrolysis) is 1. The molecule has 6 heteroatoms. The van der Waals surface area contributed by atoms with Gasteiger partial charge in [0.1, 0.15) is 5.60 Å². The van der Waals surface area contributed by atoms with Gasteiger partial charge in [-0.1, -0.05) is 9.64 Å². The van der Waals surface area contributed by atoms with Gasteiger partial charge in [-0.15, -0.1) is 0 Å². The second-order valence-electron chi connectivity index (χ2n) is 5.78. The van der Waals surface area contributed by atoms with Crippen LogP contribution in [-0.2, 0) is 25.6 Å². The van der Waals surface area contributed by atoms with Crippen LogP contribution in [0.1, 0.15) is 46.5 Å². The fourth-order valence-electron chi connectivity index (χ4n) is 2.14. The maximum atomic E-state index is 11.7. The van der Waals surface area contributed by atoms with Gasteiger partial charge in [0.25, 0.3) is 0 Å². The summed E-state index contributed by atoms with van der Waals surface area (Å²) in [7, 11) is -0.167. The highest BCUT2D eigenvalue weighted by Gasteiger charge is 2.25. The monoisotopic (exact) mass is 292 g/mol. The highest BCUT2D eigenvalue weighted by atomic mass is 32.8. The lowest BCUT2D eigenvalue weighted by atomic mass is 9.92. The van der Waals surface area contributed by atoms with E-state index in [0.29, 0.717) is 6.04 Å². The van der Waals surface area contributed by atoms with Crippen LogP contribution in [0.15, 0.2) is 0 Å². The van der Waals surface area contributed by atoms with Gasteiger partial charge >= 0.3 is 6.09 Å². The topological polar surface area (TPSA) is 50.4 Å². The van der Waals surface area contributed by atoms with Gasteiger partial charge in [0.2, 0.25) is 0 Å². The van der Waals surface area contributed by atoms with E-state index in [1.807, 2.05) is 27.0 Å². The van der Waals surface area contributed by atoms with Gasteiger partial charge in [0.15, 0.2) is 0 Å². The number of carbonyl (C=O) groups is 1. The summed E-state index contributed by atoms with van der Waals surface area (Å²) in [6.45, 7) is 5.62. The molecule has 0 aliphatic heterocycles. The molecule has 18 heavy (non-hydrogen) atoms. The molecule has 1 fully saturated rings. The molecule has 1 saturated carbocycles. The standard InChI is InChI=1S/C12H24N2O2S2/c1-12(2,3)16-11(15)13-9-6-5-7-10(8-9)14-18(4)17/h9-10,14H,5-8H2,1-4H3,(H,13,15). The molecule has 1 amide bonds. The molecule has 0 radical (unpaired) electrons. The van der Waals surface area contributed by atoms with E-state index in [1.165, 1.54) is 0 Å². The van der Waals surface area contributed by atoms with Crippen LogP contribution in [0.5, 0.6) is 0 Å². The summed E-state index contributed by atoms with van der Waals surface area (Å²) in [5, 5.41) is 2.95. The lowest BCUT2D eigenvalue weighted by Gasteiger charge is -2.31. The Labute approximate surface area is 117 Å². The Morgan fingerprint density at radius 2 is 1.94 bits per heavy atom. The summed E-state index contributed by atoms with van der Waals surface area (Å²) in [4.78, 5) is 11.7. The van der Waals surface area contributed by atoms with Crippen molar-refractivity contribution in [2.45, 2.75) is 64.1 Å². The van der Waals surface area contributed by atoms with Gasteiger partial charge in [-0.25, -0.2) is 4.79 Å². The van der Waals surface area contributed by atoms with Gasteiger partial charge in [-0.2, -0.15) is 0 Å². The fourth-order valence-corrected chi connectivity index (χ4v) is 3.23. The fraction of sp³-hybridized carbons (Fsp3) is 0.917. The molecule has 0 saturated heterocycles. The normalized spacial score (nSPS) is 26.4. The first kappa shape index (κ1) is 15.9. The van der Waals surface area contributed by atoms with Crippen molar-refractivity contribution < 1.29 is 9.53 Å². The van der Waals surface area contributed by atoms with Crippen LogP contribution < -0.4 is 10.0 Å².